The maximum absolute atomic E-state index is 12.3. The van der Waals surface area contributed by atoms with Crippen LogP contribution in [0.15, 0.2) is 12.2 Å². The Morgan fingerprint density at radius 1 is 1.21 bits per heavy atom. The Morgan fingerprint density at radius 3 is 2.21 bits per heavy atom. The molecular weight excluding hydrogens is 199 g/mol. The topological polar surface area (TPSA) is 35.5 Å². The first-order valence-electron chi connectivity index (χ1n) is 5.02. The van der Waals surface area contributed by atoms with Crippen LogP contribution in [0.1, 0.15) is 13.3 Å². The smallest absolute Gasteiger partial charge is 0.312 e. The molecule has 2 rings (SSSR count). The van der Waals surface area contributed by atoms with Crippen molar-refractivity contribution >= 4 is 7.60 Å². The third-order valence-electron chi connectivity index (χ3n) is 3.68. The maximum Gasteiger partial charge on any atom is 0.334 e. The van der Waals surface area contributed by atoms with Gasteiger partial charge in [-0.2, -0.15) is 0 Å². The van der Waals surface area contributed by atoms with Crippen molar-refractivity contribution in [2.45, 2.75) is 19.0 Å². The second-order valence-corrected chi connectivity index (χ2v) is 6.61. The molecule has 1 fully saturated rings. The van der Waals surface area contributed by atoms with E-state index in [4.69, 9.17) is 9.05 Å². The van der Waals surface area contributed by atoms with Crippen LogP contribution in [-0.2, 0) is 13.6 Å². The van der Waals surface area contributed by atoms with Crippen molar-refractivity contribution in [3.63, 3.8) is 0 Å². The lowest BCUT2D eigenvalue weighted by atomic mass is 9.95. The predicted molar refractivity (Wildman–Crippen MR) is 55.3 cm³/mol. The van der Waals surface area contributed by atoms with Crippen LogP contribution in [0, 0.1) is 17.8 Å². The van der Waals surface area contributed by atoms with Crippen LogP contribution in [0.3, 0.4) is 0 Å². The predicted octanol–water partition coefficient (Wildman–Crippen LogP) is 2.68. The summed E-state index contributed by atoms with van der Waals surface area (Å²) in [5, 5.41) is 0. The Kier molecular flexibility index (Phi) is 2.59. The first kappa shape index (κ1) is 10.4. The number of fused-ring (bicyclic) bond motifs is 2. The summed E-state index contributed by atoms with van der Waals surface area (Å²) in [6.07, 6.45) is 5.52. The summed E-state index contributed by atoms with van der Waals surface area (Å²) in [7, 11) is 0.0793. The highest BCUT2D eigenvalue weighted by Crippen LogP contribution is 2.64. The molecule has 0 aliphatic heterocycles. The molecule has 0 aromatic rings. The third kappa shape index (κ3) is 1.30. The van der Waals surface area contributed by atoms with Crippen LogP contribution in [0.25, 0.3) is 0 Å². The van der Waals surface area contributed by atoms with E-state index < -0.39 is 7.60 Å². The second kappa shape index (κ2) is 3.48. The molecule has 0 aromatic heterocycles. The van der Waals surface area contributed by atoms with Gasteiger partial charge in [0, 0.05) is 14.2 Å². The molecule has 0 aromatic carbocycles. The van der Waals surface area contributed by atoms with Gasteiger partial charge in [-0.25, -0.2) is 0 Å². The molecular formula is C10H17O3P. The quantitative estimate of drug-likeness (QED) is 0.537. The zero-order valence-corrected chi connectivity index (χ0v) is 9.74. The van der Waals surface area contributed by atoms with Crippen molar-refractivity contribution < 1.29 is 13.6 Å². The summed E-state index contributed by atoms with van der Waals surface area (Å²) < 4.78 is 22.5. The average molecular weight is 216 g/mol. The molecule has 1 saturated carbocycles. The normalized spacial score (nSPS) is 40.8. The van der Waals surface area contributed by atoms with E-state index in [0.29, 0.717) is 17.8 Å². The maximum atomic E-state index is 12.3. The summed E-state index contributed by atoms with van der Waals surface area (Å²) in [5.74, 6) is 1.38. The second-order valence-electron chi connectivity index (χ2n) is 4.20. The van der Waals surface area contributed by atoms with Crippen LogP contribution in [-0.4, -0.2) is 19.9 Å². The van der Waals surface area contributed by atoms with E-state index in [1.54, 1.807) is 0 Å². The van der Waals surface area contributed by atoms with E-state index >= 15 is 0 Å². The van der Waals surface area contributed by atoms with Crippen molar-refractivity contribution in [2.24, 2.45) is 17.8 Å². The zero-order valence-electron chi connectivity index (χ0n) is 8.84. The largest absolute Gasteiger partial charge is 0.334 e. The summed E-state index contributed by atoms with van der Waals surface area (Å²) in [4.78, 5) is 0. The molecule has 0 unspecified atom stereocenters. The Hall–Kier alpha value is -0.110. The Morgan fingerprint density at radius 2 is 1.79 bits per heavy atom. The van der Waals surface area contributed by atoms with Crippen LogP contribution in [0.2, 0.25) is 0 Å². The van der Waals surface area contributed by atoms with E-state index in [2.05, 4.69) is 19.1 Å². The molecule has 2 aliphatic rings. The van der Waals surface area contributed by atoms with Crippen molar-refractivity contribution in [2.75, 3.05) is 14.2 Å². The zero-order chi connectivity index (χ0) is 10.3. The molecule has 0 amide bonds. The number of allylic oxidation sites excluding steroid dienone is 2. The molecule has 3 nitrogen and oxygen atoms in total. The van der Waals surface area contributed by atoms with E-state index in [0.717, 1.165) is 6.42 Å². The Balaban J connectivity index is 2.27. The highest BCUT2D eigenvalue weighted by molar-refractivity contribution is 7.54. The summed E-state index contributed by atoms with van der Waals surface area (Å²) in [5.41, 5.74) is 0.0625. The standard InChI is InChI=1S/C10H17O3P/c1-7-8-4-5-9(6-8)10(7)14(11,12-2)13-3/h4-5,7-10H,6H2,1-3H3/t7-,8+,9-,10+/m1/s1. The fourth-order valence-electron chi connectivity index (χ4n) is 2.88. The van der Waals surface area contributed by atoms with Gasteiger partial charge in [0.2, 0.25) is 0 Å². The third-order valence-corrected chi connectivity index (χ3v) is 6.28. The molecule has 0 saturated heterocycles. The Bertz CT molecular complexity index is 292. The van der Waals surface area contributed by atoms with E-state index in [9.17, 15) is 4.57 Å². The van der Waals surface area contributed by atoms with Gasteiger partial charge in [-0.3, -0.25) is 4.57 Å². The van der Waals surface area contributed by atoms with Gasteiger partial charge in [0.15, 0.2) is 0 Å². The van der Waals surface area contributed by atoms with Crippen LogP contribution < -0.4 is 0 Å². The van der Waals surface area contributed by atoms with E-state index in [1.165, 1.54) is 14.2 Å². The van der Waals surface area contributed by atoms with Gasteiger partial charge in [-0.05, 0) is 24.2 Å². The number of hydrogen-bond acceptors (Lipinski definition) is 3. The highest BCUT2D eigenvalue weighted by atomic mass is 31.2. The van der Waals surface area contributed by atoms with Gasteiger partial charge in [0.1, 0.15) is 0 Å². The van der Waals surface area contributed by atoms with Gasteiger partial charge >= 0.3 is 7.60 Å². The molecule has 0 N–H and O–H groups in total. The van der Waals surface area contributed by atoms with Gasteiger partial charge in [-0.15, -0.1) is 0 Å². The van der Waals surface area contributed by atoms with E-state index in [1.807, 2.05) is 0 Å². The molecule has 4 heteroatoms. The van der Waals surface area contributed by atoms with Crippen LogP contribution in [0.5, 0.6) is 0 Å². The molecule has 0 radical (unpaired) electrons. The first-order chi connectivity index (χ1) is 6.62. The van der Waals surface area contributed by atoms with Crippen molar-refractivity contribution in [3.8, 4) is 0 Å². The molecule has 14 heavy (non-hydrogen) atoms. The monoisotopic (exact) mass is 216 g/mol. The Labute approximate surface area is 85.0 Å². The SMILES string of the molecule is COP(=O)(OC)[C@H]1[C@H](C)[C@H]2C=C[C@@H]1C2. The molecule has 0 heterocycles. The van der Waals surface area contributed by atoms with E-state index in [-0.39, 0.29) is 5.66 Å². The van der Waals surface area contributed by atoms with Gasteiger partial charge < -0.3 is 9.05 Å². The molecule has 0 spiro atoms. The van der Waals surface area contributed by atoms with Crippen molar-refractivity contribution in [1.29, 1.82) is 0 Å². The minimum Gasteiger partial charge on any atom is -0.312 e. The van der Waals surface area contributed by atoms with Gasteiger partial charge in [0.25, 0.3) is 0 Å². The van der Waals surface area contributed by atoms with Crippen molar-refractivity contribution in [3.05, 3.63) is 12.2 Å². The van der Waals surface area contributed by atoms with Crippen LogP contribution in [0.4, 0.5) is 0 Å². The minimum atomic E-state index is -2.88. The fourth-order valence-corrected chi connectivity index (χ4v) is 5.01. The lowest BCUT2D eigenvalue weighted by Gasteiger charge is -2.29. The lowest BCUT2D eigenvalue weighted by Crippen LogP contribution is -2.24. The first-order valence-corrected chi connectivity index (χ1v) is 6.63. The van der Waals surface area contributed by atoms with Crippen molar-refractivity contribution in [1.82, 2.24) is 0 Å². The average Bonchev–Trinajstić information content (AvgIpc) is 2.77. The highest BCUT2D eigenvalue weighted by Gasteiger charge is 2.52. The molecule has 2 aliphatic carbocycles. The lowest BCUT2D eigenvalue weighted by molar-refractivity contribution is 0.251. The summed E-state index contributed by atoms with van der Waals surface area (Å²) in [6.45, 7) is 2.14. The summed E-state index contributed by atoms with van der Waals surface area (Å²) >= 11 is 0. The van der Waals surface area contributed by atoms with Crippen LogP contribution >= 0.6 is 7.60 Å². The fraction of sp³-hybridized carbons (Fsp3) is 0.800. The summed E-state index contributed by atoms with van der Waals surface area (Å²) in [6, 6.07) is 0. The minimum absolute atomic E-state index is 0.0625. The van der Waals surface area contributed by atoms with Gasteiger partial charge in [-0.1, -0.05) is 19.1 Å². The number of rotatable bonds is 3. The molecule has 4 atom stereocenters. The number of hydrogen-bond donors (Lipinski definition) is 0. The molecule has 2 bridgehead atoms. The van der Waals surface area contributed by atoms with Gasteiger partial charge in [0.05, 0.1) is 5.66 Å². The molecule has 80 valence electrons.